The van der Waals surface area contributed by atoms with Gasteiger partial charge in [0.25, 0.3) is 0 Å². The van der Waals surface area contributed by atoms with Crippen molar-refractivity contribution in [2.45, 2.75) is 32.0 Å². The third-order valence-electron chi connectivity index (χ3n) is 5.68. The fourth-order valence-electron chi connectivity index (χ4n) is 4.23. The summed E-state index contributed by atoms with van der Waals surface area (Å²) in [6.45, 7) is 2.24. The lowest BCUT2D eigenvalue weighted by molar-refractivity contribution is -0.0870. The summed E-state index contributed by atoms with van der Waals surface area (Å²) in [7, 11) is 5.47. The largest absolute Gasteiger partial charge is 0.351 e. The fourth-order valence-corrected chi connectivity index (χ4v) is 5.30. The molecule has 0 N–H and O–H groups in total. The molecule has 140 valence electrons. The minimum absolute atomic E-state index is 0.169. The van der Waals surface area contributed by atoms with E-state index in [9.17, 15) is 5.26 Å². The summed E-state index contributed by atoms with van der Waals surface area (Å²) in [4.78, 5) is 2.26. The first-order valence-corrected chi connectivity index (χ1v) is 10.1. The molecule has 1 fully saturated rings. The van der Waals surface area contributed by atoms with Gasteiger partial charge in [-0.2, -0.15) is 5.26 Å². The lowest BCUT2D eigenvalue weighted by atomic mass is 9.85. The van der Waals surface area contributed by atoms with Crippen LogP contribution in [0.25, 0.3) is 10.1 Å². The Labute approximate surface area is 164 Å². The van der Waals surface area contributed by atoms with Crippen LogP contribution in [0.1, 0.15) is 36.8 Å². The van der Waals surface area contributed by atoms with E-state index >= 15 is 0 Å². The van der Waals surface area contributed by atoms with Crippen LogP contribution in [-0.2, 0) is 9.47 Å². The number of benzene rings is 1. The minimum atomic E-state index is -0.390. The van der Waals surface area contributed by atoms with Gasteiger partial charge in [0, 0.05) is 32.9 Å². The third-order valence-corrected chi connectivity index (χ3v) is 6.72. The molecule has 4 nitrogen and oxygen atoms in total. The van der Waals surface area contributed by atoms with E-state index < -0.39 is 0 Å². The minimum Gasteiger partial charge on any atom is -0.351 e. The molecule has 1 aliphatic heterocycles. The van der Waals surface area contributed by atoms with E-state index in [0.717, 1.165) is 16.0 Å². The van der Waals surface area contributed by atoms with E-state index in [2.05, 4.69) is 42.5 Å². The monoisotopic (exact) mass is 380 g/mol. The molecule has 1 aromatic heterocycles. The number of nitriles is 1. The van der Waals surface area contributed by atoms with Crippen LogP contribution in [0.2, 0.25) is 0 Å². The maximum Gasteiger partial charge on any atom is 0.198 e. The van der Waals surface area contributed by atoms with Crippen LogP contribution in [-0.4, -0.2) is 32.5 Å². The average Bonchev–Trinajstić information content (AvgIpc) is 3.42. The van der Waals surface area contributed by atoms with Crippen molar-refractivity contribution in [3.63, 3.8) is 0 Å². The molecule has 2 aromatic rings. The summed E-state index contributed by atoms with van der Waals surface area (Å²) < 4.78 is 12.2. The molecule has 2 aliphatic rings. The van der Waals surface area contributed by atoms with Gasteiger partial charge in [0.2, 0.25) is 0 Å². The number of likely N-dealkylation sites (N-methyl/N-ethyl adjacent to an activating group) is 1. The summed E-state index contributed by atoms with van der Waals surface area (Å²) in [5.41, 5.74) is 5.84. The topological polar surface area (TPSA) is 45.5 Å². The van der Waals surface area contributed by atoms with Crippen molar-refractivity contribution < 1.29 is 9.47 Å². The summed E-state index contributed by atoms with van der Waals surface area (Å²) in [6, 6.07) is 8.32. The molecular formula is C22H24N2O2S. The first kappa shape index (κ1) is 18.2. The third kappa shape index (κ3) is 2.98. The maximum absolute atomic E-state index is 9.44. The smallest absolute Gasteiger partial charge is 0.198 e. The van der Waals surface area contributed by atoms with Crippen molar-refractivity contribution in [1.29, 1.82) is 5.26 Å². The van der Waals surface area contributed by atoms with Crippen molar-refractivity contribution in [1.82, 2.24) is 4.90 Å². The molecular weight excluding hydrogens is 356 g/mol. The van der Waals surface area contributed by atoms with Crippen LogP contribution in [0.5, 0.6) is 0 Å². The number of hydrogen-bond acceptors (Lipinski definition) is 5. The number of thiophene rings is 1. The highest BCUT2D eigenvalue weighted by Crippen LogP contribution is 2.48. The second-order valence-corrected chi connectivity index (χ2v) is 8.14. The average molecular weight is 381 g/mol. The Morgan fingerprint density at radius 1 is 1.26 bits per heavy atom. The second kappa shape index (κ2) is 7.12. The van der Waals surface area contributed by atoms with E-state index in [1.54, 1.807) is 25.6 Å². The summed E-state index contributed by atoms with van der Waals surface area (Å²) in [6.07, 6.45) is 4.35. The molecule has 2 heterocycles. The van der Waals surface area contributed by atoms with Gasteiger partial charge in [-0.15, -0.1) is 11.3 Å². The van der Waals surface area contributed by atoms with Gasteiger partial charge >= 0.3 is 0 Å². The lowest BCUT2D eigenvalue weighted by Gasteiger charge is -2.37. The van der Waals surface area contributed by atoms with Gasteiger partial charge in [-0.1, -0.05) is 12.1 Å². The number of allylic oxidation sites excluding steroid dienone is 3. The number of hydrogen-bond donors (Lipinski definition) is 0. The van der Waals surface area contributed by atoms with Gasteiger partial charge in [-0.25, -0.2) is 0 Å². The van der Waals surface area contributed by atoms with Gasteiger partial charge < -0.3 is 14.4 Å². The van der Waals surface area contributed by atoms with Gasteiger partial charge in [-0.05, 0) is 59.7 Å². The summed E-state index contributed by atoms with van der Waals surface area (Å²) >= 11 is 1.66. The predicted molar refractivity (Wildman–Crippen MR) is 108 cm³/mol. The molecule has 27 heavy (non-hydrogen) atoms. The Kier molecular flexibility index (Phi) is 4.81. The molecule has 1 unspecified atom stereocenters. The maximum atomic E-state index is 9.44. The Morgan fingerprint density at radius 2 is 2.00 bits per heavy atom. The summed E-state index contributed by atoms with van der Waals surface area (Å²) in [5, 5.41) is 12.8. The Balaban J connectivity index is 1.88. The van der Waals surface area contributed by atoms with Crippen LogP contribution < -0.4 is 0 Å². The van der Waals surface area contributed by atoms with Gasteiger partial charge in [0.1, 0.15) is 6.07 Å². The molecule has 0 bridgehead atoms. The zero-order valence-corrected chi connectivity index (χ0v) is 17.0. The zero-order valence-electron chi connectivity index (χ0n) is 16.2. The molecule has 0 saturated heterocycles. The van der Waals surface area contributed by atoms with Gasteiger partial charge in [-0.3, -0.25) is 0 Å². The van der Waals surface area contributed by atoms with Crippen LogP contribution in [0.15, 0.2) is 46.6 Å². The quantitative estimate of drug-likeness (QED) is 0.686. The molecule has 1 aliphatic carbocycles. The standard InChI is InChI=1S/C22H24N2O2S/c1-13-17(18-12-27-21-15(11-23)6-5-7-16(18)21)10-19(22(25-3)26-4)24(2)20(13)14-8-9-14/h5-7,10,12,14,17,22H,8-9H2,1-4H3. The normalized spacial score (nSPS) is 20.4. The number of ether oxygens (including phenoxy) is 2. The Bertz CT molecular complexity index is 974. The molecule has 1 aromatic carbocycles. The first-order valence-electron chi connectivity index (χ1n) is 9.22. The van der Waals surface area contributed by atoms with Crippen LogP contribution >= 0.6 is 11.3 Å². The molecule has 1 atom stereocenters. The molecule has 0 radical (unpaired) electrons. The van der Waals surface area contributed by atoms with E-state index in [-0.39, 0.29) is 12.2 Å². The lowest BCUT2D eigenvalue weighted by Crippen LogP contribution is -2.33. The molecule has 5 heteroatoms. The van der Waals surface area contributed by atoms with Crippen LogP contribution in [0.4, 0.5) is 0 Å². The Hall–Kier alpha value is -2.13. The number of fused-ring (bicyclic) bond motifs is 1. The molecule has 0 amide bonds. The van der Waals surface area contributed by atoms with Crippen LogP contribution in [0.3, 0.4) is 0 Å². The fraction of sp³-hybridized carbons (Fsp3) is 0.409. The van der Waals surface area contributed by atoms with Crippen molar-refractivity contribution in [2.24, 2.45) is 5.92 Å². The van der Waals surface area contributed by atoms with E-state index in [4.69, 9.17) is 9.47 Å². The van der Waals surface area contributed by atoms with Gasteiger partial charge in [0.05, 0.1) is 16.0 Å². The van der Waals surface area contributed by atoms with Crippen molar-refractivity contribution >= 4 is 21.4 Å². The van der Waals surface area contributed by atoms with Crippen LogP contribution in [0, 0.1) is 17.2 Å². The molecule has 1 saturated carbocycles. The predicted octanol–water partition coefficient (Wildman–Crippen LogP) is 4.99. The highest BCUT2D eigenvalue weighted by Gasteiger charge is 2.38. The van der Waals surface area contributed by atoms with Gasteiger partial charge in [0.15, 0.2) is 6.29 Å². The van der Waals surface area contributed by atoms with Crippen molar-refractivity contribution in [2.75, 3.05) is 21.3 Å². The number of rotatable bonds is 5. The molecule has 4 rings (SSSR count). The van der Waals surface area contributed by atoms with E-state index in [1.165, 1.54) is 35.1 Å². The highest BCUT2D eigenvalue weighted by molar-refractivity contribution is 7.17. The number of nitrogens with zero attached hydrogens (tertiary/aromatic N) is 2. The molecule has 0 spiro atoms. The van der Waals surface area contributed by atoms with E-state index in [0.29, 0.717) is 5.92 Å². The summed E-state index contributed by atoms with van der Waals surface area (Å²) in [5.74, 6) is 0.789. The zero-order chi connectivity index (χ0) is 19.1. The van der Waals surface area contributed by atoms with Crippen molar-refractivity contribution in [3.8, 4) is 6.07 Å². The SMILES string of the molecule is COC(OC)C1=CC(c2csc3c(C#N)cccc23)C(C)=C(C2CC2)N1C. The van der Waals surface area contributed by atoms with E-state index in [1.807, 2.05) is 12.1 Å². The Morgan fingerprint density at radius 3 is 2.63 bits per heavy atom. The van der Waals surface area contributed by atoms with Crippen molar-refractivity contribution in [3.05, 3.63) is 57.7 Å². The second-order valence-electron chi connectivity index (χ2n) is 7.26. The highest BCUT2D eigenvalue weighted by atomic mass is 32.1. The number of methoxy groups -OCH3 is 2. The first-order chi connectivity index (χ1) is 13.1.